The summed E-state index contributed by atoms with van der Waals surface area (Å²) >= 11 is 0. The zero-order chi connectivity index (χ0) is 22.2. The van der Waals surface area contributed by atoms with E-state index in [2.05, 4.69) is 82.8 Å². The number of rotatable bonds is 11. The second-order valence-electron chi connectivity index (χ2n) is 10.3. The van der Waals surface area contributed by atoms with Crippen molar-refractivity contribution in [3.63, 3.8) is 0 Å². The van der Waals surface area contributed by atoms with Crippen LogP contribution in [0.1, 0.15) is 65.5 Å². The molecule has 2 rings (SSSR count). The van der Waals surface area contributed by atoms with Gasteiger partial charge in [-0.1, -0.05) is 84.0 Å². The third-order valence-electron chi connectivity index (χ3n) is 5.31. The Labute approximate surface area is 184 Å². The first-order chi connectivity index (χ1) is 14.1. The fourth-order valence-corrected chi connectivity index (χ4v) is 4.37. The van der Waals surface area contributed by atoms with Crippen molar-refractivity contribution >= 4 is 0 Å². The highest BCUT2D eigenvalue weighted by atomic mass is 16.5. The van der Waals surface area contributed by atoms with E-state index >= 15 is 0 Å². The Morgan fingerprint density at radius 2 is 1.57 bits per heavy atom. The van der Waals surface area contributed by atoms with Gasteiger partial charge in [0.05, 0.1) is 0 Å². The minimum atomic E-state index is -0.516. The zero-order valence-electron chi connectivity index (χ0n) is 19.8. The zero-order valence-corrected chi connectivity index (χ0v) is 19.8. The fraction of sp³-hybridized carbons (Fsp3) is 0.556. The molecule has 30 heavy (non-hydrogen) atoms. The second-order valence-corrected chi connectivity index (χ2v) is 10.3. The number of hydrogen-bond acceptors (Lipinski definition) is 3. The average molecular weight is 412 g/mol. The predicted molar refractivity (Wildman–Crippen MR) is 127 cm³/mol. The van der Waals surface area contributed by atoms with Gasteiger partial charge in [-0.25, -0.2) is 0 Å². The van der Waals surface area contributed by atoms with E-state index in [1.165, 1.54) is 11.1 Å². The molecule has 0 aromatic heterocycles. The lowest BCUT2D eigenvalue weighted by atomic mass is 9.72. The van der Waals surface area contributed by atoms with Crippen LogP contribution in [0, 0.1) is 5.41 Å². The van der Waals surface area contributed by atoms with E-state index in [1.807, 2.05) is 18.2 Å². The molecule has 0 aliphatic heterocycles. The molecule has 0 saturated carbocycles. The lowest BCUT2D eigenvalue weighted by Gasteiger charge is -2.33. The minimum absolute atomic E-state index is 0.119. The second kappa shape index (κ2) is 11.0. The largest absolute Gasteiger partial charge is 0.491 e. The van der Waals surface area contributed by atoms with E-state index in [9.17, 15) is 5.11 Å². The third-order valence-corrected chi connectivity index (χ3v) is 5.31. The molecule has 2 aromatic carbocycles. The summed E-state index contributed by atoms with van der Waals surface area (Å²) in [4.78, 5) is 2.29. The van der Waals surface area contributed by atoms with Gasteiger partial charge in [-0.3, -0.25) is 4.90 Å². The Kier molecular flexibility index (Phi) is 8.93. The molecule has 0 fully saturated rings. The van der Waals surface area contributed by atoms with Crippen molar-refractivity contribution in [1.82, 2.24) is 4.90 Å². The van der Waals surface area contributed by atoms with Crippen molar-refractivity contribution < 1.29 is 9.84 Å². The fourth-order valence-electron chi connectivity index (χ4n) is 4.37. The molecule has 1 atom stereocenters. The highest BCUT2D eigenvalue weighted by molar-refractivity contribution is 5.31. The molecule has 0 aliphatic rings. The first-order valence-corrected chi connectivity index (χ1v) is 11.3. The summed E-state index contributed by atoms with van der Waals surface area (Å²) in [6, 6.07) is 18.8. The number of aliphatic hydroxyl groups excluding tert-OH is 1. The number of ether oxygens (including phenoxy) is 1. The van der Waals surface area contributed by atoms with Gasteiger partial charge in [-0.15, -0.1) is 0 Å². The van der Waals surface area contributed by atoms with Crippen LogP contribution >= 0.6 is 0 Å². The standard InChI is InChI=1S/C27H41NO2/c1-7-17-28(18-22-11-9-8-10-12-22)19-24(29)20-30-25-15-13-23(14-16-25)27(5,6)21-26(2,3)4/h8-16,24,29H,7,17-21H2,1-6H3. The average Bonchev–Trinajstić information content (AvgIpc) is 2.66. The van der Waals surface area contributed by atoms with E-state index in [0.717, 1.165) is 31.7 Å². The molecule has 1 N–H and O–H groups in total. The molecule has 2 aromatic rings. The van der Waals surface area contributed by atoms with Crippen molar-refractivity contribution in [3.8, 4) is 5.75 Å². The highest BCUT2D eigenvalue weighted by Gasteiger charge is 2.27. The van der Waals surface area contributed by atoms with E-state index < -0.39 is 6.10 Å². The summed E-state index contributed by atoms with van der Waals surface area (Å²) in [6.07, 6.45) is 1.66. The SMILES string of the molecule is CCCN(Cc1ccccc1)CC(O)COc1ccc(C(C)(C)CC(C)(C)C)cc1. The van der Waals surface area contributed by atoms with Crippen molar-refractivity contribution in [2.45, 2.75) is 72.4 Å². The maximum atomic E-state index is 10.5. The quantitative estimate of drug-likeness (QED) is 0.488. The molecular weight excluding hydrogens is 370 g/mol. The van der Waals surface area contributed by atoms with Gasteiger partial charge in [0.1, 0.15) is 18.5 Å². The van der Waals surface area contributed by atoms with Gasteiger partial charge in [0.2, 0.25) is 0 Å². The van der Waals surface area contributed by atoms with Crippen LogP contribution in [0.2, 0.25) is 0 Å². The molecule has 0 amide bonds. The number of aliphatic hydroxyl groups is 1. The van der Waals surface area contributed by atoms with Crippen molar-refractivity contribution in [3.05, 3.63) is 65.7 Å². The number of benzene rings is 2. The summed E-state index contributed by atoms with van der Waals surface area (Å²) in [7, 11) is 0. The van der Waals surface area contributed by atoms with Crippen LogP contribution in [0.25, 0.3) is 0 Å². The predicted octanol–water partition coefficient (Wildman–Crippen LogP) is 6.05. The monoisotopic (exact) mass is 411 g/mol. The van der Waals surface area contributed by atoms with Crippen LogP contribution in [-0.2, 0) is 12.0 Å². The summed E-state index contributed by atoms with van der Waals surface area (Å²) in [6.45, 7) is 16.4. The Morgan fingerprint density at radius 3 is 2.13 bits per heavy atom. The van der Waals surface area contributed by atoms with Gasteiger partial charge >= 0.3 is 0 Å². The first-order valence-electron chi connectivity index (χ1n) is 11.3. The topological polar surface area (TPSA) is 32.7 Å². The van der Waals surface area contributed by atoms with Crippen LogP contribution in [0.4, 0.5) is 0 Å². The van der Waals surface area contributed by atoms with Crippen LogP contribution in [0.15, 0.2) is 54.6 Å². The Bertz CT molecular complexity index is 732. The number of nitrogens with zero attached hydrogens (tertiary/aromatic N) is 1. The molecule has 0 heterocycles. The van der Waals surface area contributed by atoms with Gasteiger partial charge in [0.25, 0.3) is 0 Å². The molecule has 3 heteroatoms. The van der Waals surface area contributed by atoms with Gasteiger partial charge in [0, 0.05) is 13.1 Å². The summed E-state index contributed by atoms with van der Waals surface area (Å²) in [5.74, 6) is 0.814. The third kappa shape index (κ3) is 8.49. The van der Waals surface area contributed by atoms with Crippen molar-refractivity contribution in [1.29, 1.82) is 0 Å². The van der Waals surface area contributed by atoms with Crippen LogP contribution < -0.4 is 4.74 Å². The molecule has 0 saturated heterocycles. The molecule has 0 spiro atoms. The number of hydrogen-bond donors (Lipinski definition) is 1. The summed E-state index contributed by atoms with van der Waals surface area (Å²) in [5, 5.41) is 10.5. The van der Waals surface area contributed by atoms with E-state index in [4.69, 9.17) is 4.74 Å². The van der Waals surface area contributed by atoms with Gasteiger partial charge in [0.15, 0.2) is 0 Å². The molecule has 3 nitrogen and oxygen atoms in total. The Morgan fingerprint density at radius 1 is 0.933 bits per heavy atom. The van der Waals surface area contributed by atoms with Gasteiger partial charge in [-0.05, 0) is 53.5 Å². The molecule has 166 valence electrons. The van der Waals surface area contributed by atoms with Crippen LogP contribution in [0.5, 0.6) is 5.75 Å². The molecular formula is C27H41NO2. The lowest BCUT2D eigenvalue weighted by Crippen LogP contribution is -2.35. The van der Waals surface area contributed by atoms with Crippen LogP contribution in [0.3, 0.4) is 0 Å². The van der Waals surface area contributed by atoms with Crippen LogP contribution in [-0.4, -0.2) is 35.8 Å². The maximum absolute atomic E-state index is 10.5. The lowest BCUT2D eigenvalue weighted by molar-refractivity contribution is 0.0656. The highest BCUT2D eigenvalue weighted by Crippen LogP contribution is 2.36. The summed E-state index contributed by atoms with van der Waals surface area (Å²) in [5.41, 5.74) is 3.00. The molecule has 0 bridgehead atoms. The van der Waals surface area contributed by atoms with E-state index in [1.54, 1.807) is 0 Å². The molecule has 1 unspecified atom stereocenters. The van der Waals surface area contributed by atoms with Crippen molar-refractivity contribution in [2.24, 2.45) is 5.41 Å². The van der Waals surface area contributed by atoms with Gasteiger partial charge in [-0.2, -0.15) is 0 Å². The van der Waals surface area contributed by atoms with Crippen molar-refractivity contribution in [2.75, 3.05) is 19.7 Å². The summed E-state index contributed by atoms with van der Waals surface area (Å²) < 4.78 is 5.89. The maximum Gasteiger partial charge on any atom is 0.119 e. The Balaban J connectivity index is 1.88. The molecule has 0 aliphatic carbocycles. The molecule has 0 radical (unpaired) electrons. The first kappa shape index (κ1) is 24.4. The van der Waals surface area contributed by atoms with Gasteiger partial charge < -0.3 is 9.84 Å². The normalized spacial score (nSPS) is 13.5. The minimum Gasteiger partial charge on any atom is -0.491 e. The van der Waals surface area contributed by atoms with E-state index in [0.29, 0.717) is 13.2 Å². The Hall–Kier alpha value is -1.84. The smallest absolute Gasteiger partial charge is 0.119 e. The van der Waals surface area contributed by atoms with E-state index in [-0.39, 0.29) is 10.8 Å².